The van der Waals surface area contributed by atoms with Gasteiger partial charge < -0.3 is 14.4 Å². The second kappa shape index (κ2) is 11.6. The van der Waals surface area contributed by atoms with E-state index in [4.69, 9.17) is 32.7 Å². The number of rotatable bonds is 8. The predicted octanol–water partition coefficient (Wildman–Crippen LogP) is 6.76. The molecule has 4 aliphatic rings. The highest BCUT2D eigenvalue weighted by Crippen LogP contribution is 2.63. The molecule has 0 amide bonds. The summed E-state index contributed by atoms with van der Waals surface area (Å²) in [5.41, 5.74) is 2.06. The number of carbonyl (C=O) groups excluding carboxylic acids is 2. The van der Waals surface area contributed by atoms with Crippen LogP contribution >= 0.6 is 23.2 Å². The molecule has 5 nitrogen and oxygen atoms in total. The van der Waals surface area contributed by atoms with Crippen molar-refractivity contribution in [2.45, 2.75) is 89.8 Å². The zero-order chi connectivity index (χ0) is 26.9. The van der Waals surface area contributed by atoms with Crippen LogP contribution in [0.5, 0.6) is 0 Å². The van der Waals surface area contributed by atoms with Crippen LogP contribution in [0.1, 0.15) is 77.2 Å². The Morgan fingerprint density at radius 2 is 1.74 bits per heavy atom. The molecule has 7 heteroatoms. The van der Waals surface area contributed by atoms with E-state index in [1.165, 1.54) is 12.8 Å². The van der Waals surface area contributed by atoms with Crippen LogP contribution in [0.25, 0.3) is 0 Å². The summed E-state index contributed by atoms with van der Waals surface area (Å²) in [7, 11) is 0. The van der Waals surface area contributed by atoms with Crippen molar-refractivity contribution in [3.05, 3.63) is 29.8 Å². The van der Waals surface area contributed by atoms with E-state index in [1.54, 1.807) is 0 Å². The van der Waals surface area contributed by atoms with E-state index in [0.29, 0.717) is 53.7 Å². The molecule has 1 heterocycles. The van der Waals surface area contributed by atoms with Crippen molar-refractivity contribution in [3.8, 4) is 0 Å². The molecule has 0 spiro atoms. The van der Waals surface area contributed by atoms with Gasteiger partial charge in [-0.25, -0.2) is 0 Å². The van der Waals surface area contributed by atoms with Gasteiger partial charge in [0.2, 0.25) is 0 Å². The summed E-state index contributed by atoms with van der Waals surface area (Å²) in [6.45, 7) is 6.17. The molecule has 3 aliphatic carbocycles. The Morgan fingerprint density at radius 3 is 2.45 bits per heavy atom. The Labute approximate surface area is 237 Å². The average Bonchev–Trinajstić information content (AvgIpc) is 2.88. The third kappa shape index (κ3) is 5.57. The second-order valence-corrected chi connectivity index (χ2v) is 13.4. The lowest BCUT2D eigenvalue weighted by Crippen LogP contribution is -2.58. The molecule has 7 unspecified atom stereocenters. The van der Waals surface area contributed by atoms with Crippen LogP contribution in [0, 0.1) is 29.1 Å². The van der Waals surface area contributed by atoms with Gasteiger partial charge in [-0.1, -0.05) is 19.1 Å². The van der Waals surface area contributed by atoms with Crippen LogP contribution in [0.4, 0.5) is 5.69 Å². The topological polar surface area (TPSA) is 55.8 Å². The van der Waals surface area contributed by atoms with E-state index in [1.807, 2.05) is 24.3 Å². The molecule has 5 rings (SSSR count). The van der Waals surface area contributed by atoms with Gasteiger partial charge in [0.15, 0.2) is 0 Å². The van der Waals surface area contributed by atoms with Gasteiger partial charge in [0.1, 0.15) is 11.7 Å². The smallest absolute Gasteiger partial charge is 0.310 e. The molecular formula is C31H43Cl2NO4. The monoisotopic (exact) mass is 563 g/mol. The Kier molecular flexibility index (Phi) is 8.55. The maximum Gasteiger partial charge on any atom is 0.310 e. The van der Waals surface area contributed by atoms with Gasteiger partial charge in [-0.3, -0.25) is 9.59 Å². The molecule has 1 aromatic rings. The normalized spacial score (nSPS) is 36.3. The van der Waals surface area contributed by atoms with Gasteiger partial charge >= 0.3 is 11.9 Å². The first-order valence-electron chi connectivity index (χ1n) is 14.6. The van der Waals surface area contributed by atoms with Crippen molar-refractivity contribution in [1.29, 1.82) is 0 Å². The van der Waals surface area contributed by atoms with Gasteiger partial charge in [0.05, 0.1) is 6.42 Å². The highest BCUT2D eigenvalue weighted by molar-refractivity contribution is 6.18. The molecule has 1 aliphatic heterocycles. The number of esters is 2. The molecule has 0 aromatic heterocycles. The van der Waals surface area contributed by atoms with Gasteiger partial charge in [-0.2, -0.15) is 0 Å². The van der Waals surface area contributed by atoms with Crippen LogP contribution in [-0.4, -0.2) is 48.5 Å². The van der Waals surface area contributed by atoms with Gasteiger partial charge in [-0.05, 0) is 99.2 Å². The van der Waals surface area contributed by atoms with Gasteiger partial charge in [0, 0.05) is 42.9 Å². The van der Waals surface area contributed by atoms with E-state index < -0.39 is 0 Å². The molecule has 4 fully saturated rings. The fourth-order valence-corrected chi connectivity index (χ4v) is 9.04. The summed E-state index contributed by atoms with van der Waals surface area (Å²) in [6.07, 6.45) is 9.44. The van der Waals surface area contributed by atoms with Gasteiger partial charge in [-0.15, -0.1) is 23.2 Å². The third-order valence-electron chi connectivity index (χ3n) is 10.6. The van der Waals surface area contributed by atoms with E-state index >= 15 is 0 Å². The van der Waals surface area contributed by atoms with Crippen molar-refractivity contribution in [2.75, 3.05) is 29.7 Å². The first-order valence-corrected chi connectivity index (χ1v) is 15.7. The van der Waals surface area contributed by atoms with Crippen molar-refractivity contribution in [1.82, 2.24) is 0 Å². The van der Waals surface area contributed by atoms with Crippen molar-refractivity contribution >= 4 is 40.8 Å². The molecule has 0 N–H and O–H groups in total. The summed E-state index contributed by atoms with van der Waals surface area (Å²) < 4.78 is 12.0. The molecule has 7 atom stereocenters. The van der Waals surface area contributed by atoms with Crippen LogP contribution in [0.2, 0.25) is 0 Å². The number of halogens is 2. The number of carbonyl (C=O) groups is 2. The first-order chi connectivity index (χ1) is 18.3. The summed E-state index contributed by atoms with van der Waals surface area (Å²) in [4.78, 5) is 27.1. The summed E-state index contributed by atoms with van der Waals surface area (Å²) in [6, 6.07) is 8.08. The predicted molar refractivity (Wildman–Crippen MR) is 152 cm³/mol. The molecule has 1 aromatic carbocycles. The fourth-order valence-electron chi connectivity index (χ4n) is 8.64. The van der Waals surface area contributed by atoms with E-state index in [2.05, 4.69) is 18.7 Å². The quantitative estimate of drug-likeness (QED) is 0.258. The Morgan fingerprint density at radius 1 is 1.00 bits per heavy atom. The number of hydrogen-bond acceptors (Lipinski definition) is 5. The molecule has 1 saturated heterocycles. The highest BCUT2D eigenvalue weighted by atomic mass is 35.5. The standard InChI is InChI=1S/C31H43Cl2NO4/c1-30-13-11-24(37-29(36)19-21-3-6-23(7-4-21)34(17-15-32)18-16-33)20-22(30)5-8-25-26(30)12-14-31(2)27(25)9-10-28(35)38-31/h3-4,6-7,22,24-27H,5,8-20H2,1-2H3. The molecule has 3 saturated carbocycles. The van der Waals surface area contributed by atoms with E-state index in [9.17, 15) is 9.59 Å². The molecule has 0 bridgehead atoms. The zero-order valence-corrected chi connectivity index (χ0v) is 24.4. The maximum atomic E-state index is 12.9. The summed E-state index contributed by atoms with van der Waals surface area (Å²) >= 11 is 11.9. The van der Waals surface area contributed by atoms with Crippen molar-refractivity contribution in [3.63, 3.8) is 0 Å². The van der Waals surface area contributed by atoms with E-state index in [0.717, 1.165) is 62.9 Å². The van der Waals surface area contributed by atoms with Crippen molar-refractivity contribution < 1.29 is 19.1 Å². The lowest BCUT2D eigenvalue weighted by molar-refractivity contribution is -0.205. The minimum absolute atomic E-state index is 0.0139. The lowest BCUT2D eigenvalue weighted by Gasteiger charge is -2.61. The minimum atomic E-state index is -0.267. The van der Waals surface area contributed by atoms with Gasteiger partial charge in [0.25, 0.3) is 0 Å². The number of fused-ring (bicyclic) bond motifs is 5. The number of ether oxygens (including phenoxy) is 2. The third-order valence-corrected chi connectivity index (χ3v) is 11.0. The van der Waals surface area contributed by atoms with Crippen LogP contribution in [0.15, 0.2) is 24.3 Å². The number of anilines is 1. The summed E-state index contributed by atoms with van der Waals surface area (Å²) in [5.74, 6) is 3.37. The first kappa shape index (κ1) is 28.1. The lowest BCUT2D eigenvalue weighted by atomic mass is 9.46. The number of benzene rings is 1. The molecule has 38 heavy (non-hydrogen) atoms. The highest BCUT2D eigenvalue weighted by Gasteiger charge is 2.59. The van der Waals surface area contributed by atoms with Crippen molar-refractivity contribution in [2.24, 2.45) is 29.1 Å². The van der Waals surface area contributed by atoms with Crippen LogP contribution in [-0.2, 0) is 25.5 Å². The zero-order valence-electron chi connectivity index (χ0n) is 22.9. The van der Waals surface area contributed by atoms with Crippen LogP contribution in [0.3, 0.4) is 0 Å². The SMILES string of the molecule is CC12CCC3C(CCC4CC(OC(=O)Cc5ccc(N(CCCl)CCCl)cc5)CCC43C)C1CCC(=O)O2. The molecule has 210 valence electrons. The Balaban J connectivity index is 1.16. The largest absolute Gasteiger partial charge is 0.462 e. The Bertz CT molecular complexity index is 996. The van der Waals surface area contributed by atoms with Crippen LogP contribution < -0.4 is 4.90 Å². The number of hydrogen-bond donors (Lipinski definition) is 0. The number of nitrogens with zero attached hydrogens (tertiary/aromatic N) is 1. The summed E-state index contributed by atoms with van der Waals surface area (Å²) in [5, 5.41) is 0. The second-order valence-electron chi connectivity index (χ2n) is 12.6. The van der Waals surface area contributed by atoms with E-state index in [-0.39, 0.29) is 23.6 Å². The Hall–Kier alpha value is -1.46. The fraction of sp³-hybridized carbons (Fsp3) is 0.742. The maximum absolute atomic E-state index is 12.9. The molecule has 0 radical (unpaired) electrons. The average molecular weight is 565 g/mol. The minimum Gasteiger partial charge on any atom is -0.462 e. The number of alkyl halides is 2. The molecular weight excluding hydrogens is 521 g/mol.